The maximum Gasteiger partial charge on any atom is 0.234 e. The fourth-order valence-electron chi connectivity index (χ4n) is 2.57. The van der Waals surface area contributed by atoms with E-state index in [1.807, 2.05) is 6.92 Å². The van der Waals surface area contributed by atoms with Crippen LogP contribution in [-0.2, 0) is 4.79 Å². The monoisotopic (exact) mass is 242 g/mol. The number of hydrogen-bond donors (Lipinski definition) is 2. The molecule has 1 rings (SSSR count). The van der Waals surface area contributed by atoms with E-state index in [2.05, 4.69) is 10.2 Å². The molecule has 1 aliphatic rings. The lowest BCUT2D eigenvalue weighted by Gasteiger charge is -2.34. The van der Waals surface area contributed by atoms with E-state index in [9.17, 15) is 9.90 Å². The third-order valence-electron chi connectivity index (χ3n) is 3.31. The van der Waals surface area contributed by atoms with Gasteiger partial charge in [-0.25, -0.2) is 0 Å². The molecule has 0 heterocycles. The highest BCUT2D eigenvalue weighted by atomic mass is 16.3. The molecule has 17 heavy (non-hydrogen) atoms. The van der Waals surface area contributed by atoms with Gasteiger partial charge in [0, 0.05) is 19.1 Å². The predicted octanol–water partition coefficient (Wildman–Crippen LogP) is 1.14. The van der Waals surface area contributed by atoms with Gasteiger partial charge in [-0.3, -0.25) is 9.69 Å². The second-order valence-corrected chi connectivity index (χ2v) is 5.02. The Morgan fingerprint density at radius 3 is 2.59 bits per heavy atom. The summed E-state index contributed by atoms with van der Waals surface area (Å²) in [7, 11) is 0. The average Bonchev–Trinajstić information content (AvgIpc) is 2.29. The molecule has 1 atom stereocenters. The Balaban J connectivity index is 2.49. The Morgan fingerprint density at radius 1 is 1.41 bits per heavy atom. The van der Waals surface area contributed by atoms with E-state index in [1.165, 1.54) is 19.3 Å². The molecule has 1 aliphatic carbocycles. The molecule has 4 nitrogen and oxygen atoms in total. The van der Waals surface area contributed by atoms with Gasteiger partial charge in [-0.2, -0.15) is 0 Å². The van der Waals surface area contributed by atoms with Crippen molar-refractivity contribution in [3.63, 3.8) is 0 Å². The van der Waals surface area contributed by atoms with Crippen LogP contribution in [0, 0.1) is 0 Å². The molecule has 0 radical (unpaired) electrons. The summed E-state index contributed by atoms with van der Waals surface area (Å²) in [6, 6.07) is 0.473. The molecule has 0 saturated heterocycles. The minimum Gasteiger partial charge on any atom is -0.392 e. The highest BCUT2D eigenvalue weighted by Gasteiger charge is 2.23. The lowest BCUT2D eigenvalue weighted by Crippen LogP contribution is -2.46. The summed E-state index contributed by atoms with van der Waals surface area (Å²) in [5.74, 6) is 0.0683. The molecular weight excluding hydrogens is 216 g/mol. The van der Waals surface area contributed by atoms with Crippen LogP contribution in [0.1, 0.15) is 46.0 Å². The number of rotatable bonds is 6. The van der Waals surface area contributed by atoms with Gasteiger partial charge >= 0.3 is 0 Å². The van der Waals surface area contributed by atoms with Gasteiger partial charge in [-0.05, 0) is 26.7 Å². The third-order valence-corrected chi connectivity index (χ3v) is 3.31. The molecule has 4 heteroatoms. The number of likely N-dealkylation sites (N-methyl/N-ethyl adjacent to an activating group) is 1. The quantitative estimate of drug-likeness (QED) is 0.734. The van der Waals surface area contributed by atoms with E-state index in [0.717, 1.165) is 12.8 Å². The van der Waals surface area contributed by atoms with E-state index in [0.29, 0.717) is 25.7 Å². The molecule has 1 saturated carbocycles. The van der Waals surface area contributed by atoms with Crippen molar-refractivity contribution in [1.82, 2.24) is 10.2 Å². The first-order valence-corrected chi connectivity index (χ1v) is 6.82. The number of nitrogens with one attached hydrogen (secondary N) is 1. The third kappa shape index (κ3) is 5.50. The number of nitrogens with zero attached hydrogens (tertiary/aromatic N) is 1. The molecule has 0 bridgehead atoms. The lowest BCUT2D eigenvalue weighted by molar-refractivity contribution is -0.123. The van der Waals surface area contributed by atoms with Crippen LogP contribution in [0.25, 0.3) is 0 Å². The summed E-state index contributed by atoms with van der Waals surface area (Å²) < 4.78 is 0. The molecule has 0 aromatic rings. The second-order valence-electron chi connectivity index (χ2n) is 5.02. The molecule has 1 fully saturated rings. The zero-order chi connectivity index (χ0) is 12.7. The Labute approximate surface area is 104 Å². The van der Waals surface area contributed by atoms with Crippen molar-refractivity contribution in [3.05, 3.63) is 0 Å². The van der Waals surface area contributed by atoms with Gasteiger partial charge in [-0.15, -0.1) is 0 Å². The normalized spacial score (nSPS) is 19.3. The molecule has 0 aromatic heterocycles. The molecular formula is C13H26N2O2. The van der Waals surface area contributed by atoms with Crippen LogP contribution in [0.4, 0.5) is 0 Å². The Bertz CT molecular complexity index is 225. The number of hydrogen-bond acceptors (Lipinski definition) is 3. The van der Waals surface area contributed by atoms with Crippen LogP contribution < -0.4 is 5.32 Å². The summed E-state index contributed by atoms with van der Waals surface area (Å²) in [6.07, 6.45) is 5.75. The van der Waals surface area contributed by atoms with Crippen LogP contribution in [0.2, 0.25) is 0 Å². The minimum atomic E-state index is -0.369. The van der Waals surface area contributed by atoms with Crippen LogP contribution in [0.15, 0.2) is 0 Å². The van der Waals surface area contributed by atoms with Crippen molar-refractivity contribution in [2.45, 2.75) is 58.1 Å². The number of aliphatic hydroxyl groups excluding tert-OH is 1. The topological polar surface area (TPSA) is 52.6 Å². The Morgan fingerprint density at radius 2 is 2.06 bits per heavy atom. The van der Waals surface area contributed by atoms with Crippen LogP contribution in [0.3, 0.4) is 0 Å². The molecule has 1 amide bonds. The van der Waals surface area contributed by atoms with Crippen molar-refractivity contribution < 1.29 is 9.90 Å². The van der Waals surface area contributed by atoms with Gasteiger partial charge in [0.1, 0.15) is 0 Å². The number of aliphatic hydroxyl groups is 1. The van der Waals surface area contributed by atoms with Crippen molar-refractivity contribution in [2.24, 2.45) is 0 Å². The molecule has 0 spiro atoms. The Hall–Kier alpha value is -0.610. The predicted molar refractivity (Wildman–Crippen MR) is 68.8 cm³/mol. The minimum absolute atomic E-state index is 0.0683. The zero-order valence-corrected chi connectivity index (χ0v) is 11.1. The van der Waals surface area contributed by atoms with Gasteiger partial charge in [0.2, 0.25) is 5.91 Å². The van der Waals surface area contributed by atoms with E-state index < -0.39 is 0 Å². The molecule has 2 N–H and O–H groups in total. The van der Waals surface area contributed by atoms with E-state index in [1.54, 1.807) is 6.92 Å². The van der Waals surface area contributed by atoms with E-state index in [4.69, 9.17) is 0 Å². The van der Waals surface area contributed by atoms with Gasteiger partial charge in [0.05, 0.1) is 12.6 Å². The summed E-state index contributed by atoms with van der Waals surface area (Å²) >= 11 is 0. The second kappa shape index (κ2) is 7.67. The van der Waals surface area contributed by atoms with Gasteiger partial charge in [-0.1, -0.05) is 19.3 Å². The summed E-state index contributed by atoms with van der Waals surface area (Å²) in [5, 5.41) is 12.3. The summed E-state index contributed by atoms with van der Waals surface area (Å²) in [6.45, 7) is 5.41. The standard InChI is InChI=1S/C13H26N2O2/c1-3-14-13(17)10-15(9-11(2)16)12-7-5-4-6-8-12/h11-12,16H,3-10H2,1-2H3,(H,14,17). The van der Waals surface area contributed by atoms with Crippen molar-refractivity contribution in [3.8, 4) is 0 Å². The van der Waals surface area contributed by atoms with Crippen LogP contribution in [0.5, 0.6) is 0 Å². The molecule has 0 aromatic carbocycles. The summed E-state index contributed by atoms with van der Waals surface area (Å²) in [4.78, 5) is 13.8. The first-order valence-electron chi connectivity index (χ1n) is 6.82. The Kier molecular flexibility index (Phi) is 6.52. The smallest absolute Gasteiger partial charge is 0.234 e. The van der Waals surface area contributed by atoms with Gasteiger partial charge < -0.3 is 10.4 Å². The van der Waals surface area contributed by atoms with Crippen molar-refractivity contribution in [2.75, 3.05) is 19.6 Å². The average molecular weight is 242 g/mol. The van der Waals surface area contributed by atoms with Gasteiger partial charge in [0.15, 0.2) is 0 Å². The van der Waals surface area contributed by atoms with Crippen molar-refractivity contribution in [1.29, 1.82) is 0 Å². The van der Waals surface area contributed by atoms with Crippen LogP contribution >= 0.6 is 0 Å². The highest BCUT2D eigenvalue weighted by Crippen LogP contribution is 2.22. The summed E-state index contributed by atoms with van der Waals surface area (Å²) in [5.41, 5.74) is 0. The van der Waals surface area contributed by atoms with E-state index >= 15 is 0 Å². The first kappa shape index (κ1) is 14.5. The highest BCUT2D eigenvalue weighted by molar-refractivity contribution is 5.77. The molecule has 100 valence electrons. The molecule has 1 unspecified atom stereocenters. The maximum absolute atomic E-state index is 11.6. The molecule has 0 aliphatic heterocycles. The largest absolute Gasteiger partial charge is 0.392 e. The maximum atomic E-state index is 11.6. The van der Waals surface area contributed by atoms with Crippen molar-refractivity contribution >= 4 is 5.91 Å². The fraction of sp³-hybridized carbons (Fsp3) is 0.923. The fourth-order valence-corrected chi connectivity index (χ4v) is 2.57. The number of carbonyl (C=O) groups is 1. The zero-order valence-electron chi connectivity index (χ0n) is 11.1. The number of amides is 1. The van der Waals surface area contributed by atoms with Crippen LogP contribution in [-0.4, -0.2) is 47.7 Å². The van der Waals surface area contributed by atoms with E-state index in [-0.39, 0.29) is 12.0 Å². The number of carbonyl (C=O) groups excluding carboxylic acids is 1. The van der Waals surface area contributed by atoms with Gasteiger partial charge in [0.25, 0.3) is 0 Å². The SMILES string of the molecule is CCNC(=O)CN(CC(C)O)C1CCCCC1. The first-order chi connectivity index (χ1) is 8.13. The lowest BCUT2D eigenvalue weighted by atomic mass is 9.94.